The molecule has 1 aromatic rings. The first-order chi connectivity index (χ1) is 7.49. The molecule has 16 heavy (non-hydrogen) atoms. The van der Waals surface area contributed by atoms with Gasteiger partial charge in [-0.15, -0.1) is 0 Å². The van der Waals surface area contributed by atoms with Crippen molar-refractivity contribution in [1.82, 2.24) is 4.98 Å². The van der Waals surface area contributed by atoms with Crippen LogP contribution in [0.3, 0.4) is 0 Å². The van der Waals surface area contributed by atoms with E-state index >= 15 is 0 Å². The van der Waals surface area contributed by atoms with Gasteiger partial charge in [0.2, 0.25) is 0 Å². The Balaban J connectivity index is 2.52. The van der Waals surface area contributed by atoms with E-state index < -0.39 is 0 Å². The number of nitrogens with one attached hydrogen (secondary N) is 1. The predicted molar refractivity (Wildman–Crippen MR) is 69.1 cm³/mol. The number of anilines is 1. The summed E-state index contributed by atoms with van der Waals surface area (Å²) in [5, 5.41) is 3.09. The Hall–Kier alpha value is -0.640. The van der Waals surface area contributed by atoms with Gasteiger partial charge in [0.15, 0.2) is 11.6 Å². The van der Waals surface area contributed by atoms with Crippen LogP contribution in [-0.4, -0.2) is 11.0 Å². The molecular formula is C12H18BrFN2. The average molecular weight is 289 g/mol. The Labute approximate surface area is 105 Å². The first-order valence-electron chi connectivity index (χ1n) is 5.56. The fourth-order valence-electron chi connectivity index (χ4n) is 1.41. The van der Waals surface area contributed by atoms with Crippen molar-refractivity contribution in [3.8, 4) is 0 Å². The lowest BCUT2D eigenvalue weighted by molar-refractivity contribution is 0.524. The average Bonchev–Trinajstić information content (AvgIpc) is 2.19. The van der Waals surface area contributed by atoms with Gasteiger partial charge in [-0.05, 0) is 47.7 Å². The molecule has 0 aliphatic carbocycles. The van der Waals surface area contributed by atoms with Crippen LogP contribution in [0.25, 0.3) is 0 Å². The van der Waals surface area contributed by atoms with E-state index in [9.17, 15) is 4.39 Å². The SMILES string of the molecule is CC(C)CCC(C)Nc1ncc(Br)cc1F. The highest BCUT2D eigenvalue weighted by Gasteiger charge is 2.08. The van der Waals surface area contributed by atoms with Crippen molar-refractivity contribution in [3.05, 3.63) is 22.6 Å². The highest BCUT2D eigenvalue weighted by Crippen LogP contribution is 2.18. The second-order valence-electron chi connectivity index (χ2n) is 4.50. The molecule has 0 spiro atoms. The van der Waals surface area contributed by atoms with E-state index in [1.54, 1.807) is 6.20 Å². The molecule has 0 aliphatic rings. The van der Waals surface area contributed by atoms with E-state index in [2.05, 4.69) is 40.1 Å². The van der Waals surface area contributed by atoms with Crippen LogP contribution in [0.15, 0.2) is 16.7 Å². The van der Waals surface area contributed by atoms with Crippen LogP contribution >= 0.6 is 15.9 Å². The first kappa shape index (κ1) is 13.4. The minimum Gasteiger partial charge on any atom is -0.365 e. The third-order valence-corrected chi connectivity index (χ3v) is 2.80. The van der Waals surface area contributed by atoms with Crippen molar-refractivity contribution in [2.75, 3.05) is 5.32 Å². The molecule has 0 fully saturated rings. The van der Waals surface area contributed by atoms with E-state index in [4.69, 9.17) is 0 Å². The second kappa shape index (κ2) is 6.18. The molecule has 0 amide bonds. The maximum atomic E-state index is 13.5. The van der Waals surface area contributed by atoms with Crippen LogP contribution in [0.1, 0.15) is 33.6 Å². The molecule has 1 atom stereocenters. The van der Waals surface area contributed by atoms with Crippen LogP contribution in [-0.2, 0) is 0 Å². The number of nitrogens with zero attached hydrogens (tertiary/aromatic N) is 1. The van der Waals surface area contributed by atoms with Gasteiger partial charge in [0, 0.05) is 16.7 Å². The maximum absolute atomic E-state index is 13.5. The summed E-state index contributed by atoms with van der Waals surface area (Å²) in [5.41, 5.74) is 0. The van der Waals surface area contributed by atoms with E-state index in [0.29, 0.717) is 16.2 Å². The third kappa shape index (κ3) is 4.47. The van der Waals surface area contributed by atoms with Crippen molar-refractivity contribution in [2.24, 2.45) is 5.92 Å². The van der Waals surface area contributed by atoms with E-state index in [1.807, 2.05) is 6.92 Å². The maximum Gasteiger partial charge on any atom is 0.166 e. The van der Waals surface area contributed by atoms with Gasteiger partial charge in [-0.3, -0.25) is 0 Å². The molecule has 0 saturated carbocycles. The molecule has 90 valence electrons. The smallest absolute Gasteiger partial charge is 0.166 e. The van der Waals surface area contributed by atoms with Gasteiger partial charge in [0.1, 0.15) is 0 Å². The van der Waals surface area contributed by atoms with Crippen LogP contribution in [0.4, 0.5) is 10.2 Å². The Morgan fingerprint density at radius 2 is 2.06 bits per heavy atom. The summed E-state index contributed by atoms with van der Waals surface area (Å²) in [6.45, 7) is 6.42. The van der Waals surface area contributed by atoms with Crippen molar-refractivity contribution in [1.29, 1.82) is 0 Å². The summed E-state index contributed by atoms with van der Waals surface area (Å²) in [5.74, 6) is 0.692. The van der Waals surface area contributed by atoms with Gasteiger partial charge in [-0.1, -0.05) is 13.8 Å². The predicted octanol–water partition coefficient (Wildman–Crippen LogP) is 4.22. The Morgan fingerprint density at radius 1 is 1.38 bits per heavy atom. The number of pyridine rings is 1. The van der Waals surface area contributed by atoms with Gasteiger partial charge in [0.25, 0.3) is 0 Å². The molecule has 2 nitrogen and oxygen atoms in total. The number of aromatic nitrogens is 1. The zero-order valence-corrected chi connectivity index (χ0v) is 11.5. The lowest BCUT2D eigenvalue weighted by atomic mass is 10.0. The standard InChI is InChI=1S/C12H18BrFN2/c1-8(2)4-5-9(3)16-12-11(14)6-10(13)7-15-12/h6-9H,4-5H2,1-3H3,(H,15,16). The Kier molecular flexibility index (Phi) is 5.19. The van der Waals surface area contributed by atoms with Crippen LogP contribution < -0.4 is 5.32 Å². The lowest BCUT2D eigenvalue weighted by Gasteiger charge is -2.16. The molecule has 1 aromatic heterocycles. The van der Waals surface area contributed by atoms with Gasteiger partial charge < -0.3 is 5.32 Å². The minimum atomic E-state index is -0.314. The monoisotopic (exact) mass is 288 g/mol. The number of hydrogen-bond donors (Lipinski definition) is 1. The molecule has 1 rings (SSSR count). The van der Waals surface area contributed by atoms with Crippen molar-refractivity contribution in [2.45, 2.75) is 39.7 Å². The summed E-state index contributed by atoms with van der Waals surface area (Å²) < 4.78 is 14.1. The Morgan fingerprint density at radius 3 is 2.62 bits per heavy atom. The Bertz CT molecular complexity index is 342. The zero-order chi connectivity index (χ0) is 12.1. The molecule has 0 bridgehead atoms. The number of hydrogen-bond acceptors (Lipinski definition) is 2. The van der Waals surface area contributed by atoms with Gasteiger partial charge in [-0.25, -0.2) is 9.37 Å². The summed E-state index contributed by atoms with van der Waals surface area (Å²) in [6.07, 6.45) is 3.75. The van der Waals surface area contributed by atoms with Crippen LogP contribution in [0.5, 0.6) is 0 Å². The molecule has 0 aliphatic heterocycles. The van der Waals surface area contributed by atoms with Gasteiger partial charge in [-0.2, -0.15) is 0 Å². The molecule has 0 radical (unpaired) electrons. The number of rotatable bonds is 5. The van der Waals surface area contributed by atoms with E-state index in [-0.39, 0.29) is 11.9 Å². The summed E-state index contributed by atoms with van der Waals surface area (Å²) in [4.78, 5) is 4.01. The summed E-state index contributed by atoms with van der Waals surface area (Å²) >= 11 is 3.18. The fourth-order valence-corrected chi connectivity index (χ4v) is 1.71. The van der Waals surface area contributed by atoms with E-state index in [0.717, 1.165) is 12.8 Å². The largest absolute Gasteiger partial charge is 0.365 e. The minimum absolute atomic E-state index is 0.241. The van der Waals surface area contributed by atoms with Crippen molar-refractivity contribution in [3.63, 3.8) is 0 Å². The van der Waals surface area contributed by atoms with Crippen LogP contribution in [0, 0.1) is 11.7 Å². The second-order valence-corrected chi connectivity index (χ2v) is 5.42. The molecular weight excluding hydrogens is 271 g/mol. The van der Waals surface area contributed by atoms with Crippen LogP contribution in [0.2, 0.25) is 0 Å². The highest BCUT2D eigenvalue weighted by molar-refractivity contribution is 9.10. The first-order valence-corrected chi connectivity index (χ1v) is 6.36. The number of halogens is 2. The molecule has 1 heterocycles. The molecule has 4 heteroatoms. The molecule has 1 N–H and O–H groups in total. The van der Waals surface area contributed by atoms with Gasteiger partial charge >= 0.3 is 0 Å². The highest BCUT2D eigenvalue weighted by atomic mass is 79.9. The summed E-state index contributed by atoms with van der Waals surface area (Å²) in [7, 11) is 0. The summed E-state index contributed by atoms with van der Waals surface area (Å²) in [6, 6.07) is 1.66. The molecule has 0 saturated heterocycles. The fraction of sp³-hybridized carbons (Fsp3) is 0.583. The zero-order valence-electron chi connectivity index (χ0n) is 9.93. The van der Waals surface area contributed by atoms with Gasteiger partial charge in [0.05, 0.1) is 0 Å². The van der Waals surface area contributed by atoms with E-state index in [1.165, 1.54) is 6.07 Å². The molecule has 1 unspecified atom stereocenters. The quantitative estimate of drug-likeness (QED) is 0.877. The molecule has 0 aromatic carbocycles. The van der Waals surface area contributed by atoms with Crippen molar-refractivity contribution >= 4 is 21.7 Å². The lowest BCUT2D eigenvalue weighted by Crippen LogP contribution is -2.17. The third-order valence-electron chi connectivity index (χ3n) is 2.37. The normalized spacial score (nSPS) is 12.9. The van der Waals surface area contributed by atoms with Crippen molar-refractivity contribution < 1.29 is 4.39 Å². The topological polar surface area (TPSA) is 24.9 Å².